The minimum atomic E-state index is -0.293. The van der Waals surface area contributed by atoms with Crippen LogP contribution >= 0.6 is 0 Å². The van der Waals surface area contributed by atoms with E-state index in [4.69, 9.17) is 0 Å². The van der Waals surface area contributed by atoms with Gasteiger partial charge in [-0.1, -0.05) is 0 Å². The van der Waals surface area contributed by atoms with Gasteiger partial charge in [0.1, 0.15) is 12.1 Å². The maximum atomic E-state index is 11.3. The van der Waals surface area contributed by atoms with Gasteiger partial charge in [0, 0.05) is 25.0 Å². The van der Waals surface area contributed by atoms with Crippen molar-refractivity contribution in [3.05, 3.63) is 52.5 Å². The zero-order valence-corrected chi connectivity index (χ0v) is 10.3. The van der Waals surface area contributed by atoms with Gasteiger partial charge in [0.05, 0.1) is 0 Å². The highest BCUT2D eigenvalue weighted by Gasteiger charge is 2.03. The minimum absolute atomic E-state index is 0.293. The standard InChI is InChI=1S/C12H12N6O/c1-8-5-13-3-2-9(8)6-14-10-4-11-16-17-12(19)18(11)7-15-10/h2-5,7,14H,6H2,1H3,(H,17,19). The van der Waals surface area contributed by atoms with Crippen LogP contribution in [-0.2, 0) is 6.54 Å². The van der Waals surface area contributed by atoms with Gasteiger partial charge in [0.15, 0.2) is 5.65 Å². The summed E-state index contributed by atoms with van der Waals surface area (Å²) in [6.07, 6.45) is 5.03. The van der Waals surface area contributed by atoms with E-state index in [0.717, 1.165) is 11.1 Å². The van der Waals surface area contributed by atoms with E-state index >= 15 is 0 Å². The second kappa shape index (κ2) is 4.52. The van der Waals surface area contributed by atoms with Crippen molar-refractivity contribution in [1.29, 1.82) is 0 Å². The van der Waals surface area contributed by atoms with Crippen molar-refractivity contribution in [2.24, 2.45) is 0 Å². The number of hydrogen-bond donors (Lipinski definition) is 2. The smallest absolute Gasteiger partial charge is 0.348 e. The first-order valence-corrected chi connectivity index (χ1v) is 5.80. The van der Waals surface area contributed by atoms with Crippen LogP contribution in [0.1, 0.15) is 11.1 Å². The van der Waals surface area contributed by atoms with Gasteiger partial charge in [-0.2, -0.15) is 5.10 Å². The molecule has 0 aromatic carbocycles. The van der Waals surface area contributed by atoms with Gasteiger partial charge >= 0.3 is 5.69 Å². The van der Waals surface area contributed by atoms with Gasteiger partial charge in [-0.3, -0.25) is 4.98 Å². The molecule has 0 spiro atoms. The summed E-state index contributed by atoms with van der Waals surface area (Å²) in [7, 11) is 0. The summed E-state index contributed by atoms with van der Waals surface area (Å²) in [6, 6.07) is 3.67. The highest BCUT2D eigenvalue weighted by Crippen LogP contribution is 2.09. The molecule has 0 radical (unpaired) electrons. The lowest BCUT2D eigenvalue weighted by Gasteiger charge is -2.07. The topological polar surface area (TPSA) is 88.0 Å². The molecule has 7 nitrogen and oxygen atoms in total. The number of hydrogen-bond acceptors (Lipinski definition) is 5. The van der Waals surface area contributed by atoms with Crippen LogP contribution in [0.15, 0.2) is 35.6 Å². The molecule has 0 atom stereocenters. The second-order valence-electron chi connectivity index (χ2n) is 4.19. The third-order valence-electron chi connectivity index (χ3n) is 2.91. The molecule has 0 aliphatic carbocycles. The lowest BCUT2D eigenvalue weighted by molar-refractivity contribution is 0.988. The first-order valence-electron chi connectivity index (χ1n) is 5.80. The number of nitrogens with zero attached hydrogens (tertiary/aromatic N) is 4. The van der Waals surface area contributed by atoms with Gasteiger partial charge in [0.2, 0.25) is 0 Å². The maximum absolute atomic E-state index is 11.3. The van der Waals surface area contributed by atoms with E-state index in [2.05, 4.69) is 25.5 Å². The highest BCUT2D eigenvalue weighted by atomic mass is 16.1. The van der Waals surface area contributed by atoms with Crippen molar-refractivity contribution in [2.75, 3.05) is 5.32 Å². The summed E-state index contributed by atoms with van der Waals surface area (Å²) in [5.41, 5.74) is 2.51. The number of aromatic nitrogens is 5. The molecule has 0 saturated heterocycles. The van der Waals surface area contributed by atoms with E-state index in [1.165, 1.54) is 10.7 Å². The molecule has 3 heterocycles. The molecular formula is C12H12N6O. The molecule has 0 fully saturated rings. The summed E-state index contributed by atoms with van der Waals surface area (Å²) >= 11 is 0. The highest BCUT2D eigenvalue weighted by molar-refractivity contribution is 5.48. The van der Waals surface area contributed by atoms with Crippen LogP contribution < -0.4 is 11.0 Å². The Morgan fingerprint density at radius 3 is 3.21 bits per heavy atom. The summed E-state index contributed by atoms with van der Waals surface area (Å²) in [4.78, 5) is 19.5. The predicted octanol–water partition coefficient (Wildman–Crippen LogP) is 0.733. The van der Waals surface area contributed by atoms with Crippen LogP contribution in [0.4, 0.5) is 5.82 Å². The molecule has 3 rings (SSSR count). The van der Waals surface area contributed by atoms with E-state index in [-0.39, 0.29) is 5.69 Å². The zero-order valence-electron chi connectivity index (χ0n) is 10.3. The Labute approximate surface area is 108 Å². The molecule has 19 heavy (non-hydrogen) atoms. The SMILES string of the molecule is Cc1cnccc1CNc1cc2n[nH]c(=O)n2cn1. The predicted molar refractivity (Wildman–Crippen MR) is 69.9 cm³/mol. The molecule has 0 amide bonds. The van der Waals surface area contributed by atoms with E-state index in [1.54, 1.807) is 12.3 Å². The molecule has 0 unspecified atom stereocenters. The average molecular weight is 256 g/mol. The molecule has 3 aromatic rings. The Morgan fingerprint density at radius 1 is 1.47 bits per heavy atom. The Morgan fingerprint density at radius 2 is 2.37 bits per heavy atom. The number of aromatic amines is 1. The monoisotopic (exact) mass is 256 g/mol. The van der Waals surface area contributed by atoms with Crippen molar-refractivity contribution in [2.45, 2.75) is 13.5 Å². The Bertz CT molecular complexity index is 775. The average Bonchev–Trinajstić information content (AvgIpc) is 2.79. The first kappa shape index (κ1) is 11.4. The lowest BCUT2D eigenvalue weighted by Crippen LogP contribution is -2.10. The van der Waals surface area contributed by atoms with Crippen molar-refractivity contribution in [3.63, 3.8) is 0 Å². The van der Waals surface area contributed by atoms with Crippen molar-refractivity contribution >= 4 is 11.5 Å². The molecular weight excluding hydrogens is 244 g/mol. The molecule has 96 valence electrons. The van der Waals surface area contributed by atoms with Gasteiger partial charge < -0.3 is 5.32 Å². The minimum Gasteiger partial charge on any atom is -0.366 e. The Balaban J connectivity index is 1.82. The molecule has 3 aromatic heterocycles. The molecule has 0 bridgehead atoms. The lowest BCUT2D eigenvalue weighted by atomic mass is 10.1. The summed E-state index contributed by atoms with van der Waals surface area (Å²) in [5, 5.41) is 9.45. The van der Waals surface area contributed by atoms with Crippen molar-refractivity contribution in [3.8, 4) is 0 Å². The van der Waals surface area contributed by atoms with Crippen LogP contribution in [0.25, 0.3) is 5.65 Å². The molecule has 2 N–H and O–H groups in total. The Kier molecular flexibility index (Phi) is 2.71. The fourth-order valence-corrected chi connectivity index (χ4v) is 1.79. The number of rotatable bonds is 3. The summed E-state index contributed by atoms with van der Waals surface area (Å²) in [6.45, 7) is 2.65. The van der Waals surface area contributed by atoms with Crippen LogP contribution in [0.2, 0.25) is 0 Å². The zero-order chi connectivity index (χ0) is 13.2. The number of H-pyrrole nitrogens is 1. The summed E-state index contributed by atoms with van der Waals surface area (Å²) in [5.74, 6) is 0.669. The fraction of sp³-hybridized carbons (Fsp3) is 0.167. The fourth-order valence-electron chi connectivity index (χ4n) is 1.79. The molecule has 7 heteroatoms. The summed E-state index contributed by atoms with van der Waals surface area (Å²) < 4.78 is 1.35. The van der Waals surface area contributed by atoms with Gasteiger partial charge in [0.25, 0.3) is 0 Å². The number of pyridine rings is 1. The van der Waals surface area contributed by atoms with Crippen LogP contribution in [0.3, 0.4) is 0 Å². The molecule has 0 aliphatic rings. The normalized spacial score (nSPS) is 10.8. The quantitative estimate of drug-likeness (QED) is 0.721. The van der Waals surface area contributed by atoms with Crippen LogP contribution in [-0.4, -0.2) is 24.6 Å². The van der Waals surface area contributed by atoms with Crippen LogP contribution in [0, 0.1) is 6.92 Å². The largest absolute Gasteiger partial charge is 0.366 e. The number of anilines is 1. The van der Waals surface area contributed by atoms with E-state index < -0.39 is 0 Å². The van der Waals surface area contributed by atoms with Crippen molar-refractivity contribution < 1.29 is 0 Å². The number of nitrogens with one attached hydrogen (secondary N) is 2. The van der Waals surface area contributed by atoms with Crippen LogP contribution in [0.5, 0.6) is 0 Å². The molecule has 0 aliphatic heterocycles. The first-order chi connectivity index (χ1) is 9.24. The Hall–Kier alpha value is -2.70. The van der Waals surface area contributed by atoms with E-state index in [9.17, 15) is 4.79 Å². The van der Waals surface area contributed by atoms with Gasteiger partial charge in [-0.25, -0.2) is 19.3 Å². The molecule has 0 saturated carbocycles. The maximum Gasteiger partial charge on any atom is 0.348 e. The van der Waals surface area contributed by atoms with Crippen molar-refractivity contribution in [1.82, 2.24) is 24.6 Å². The third-order valence-corrected chi connectivity index (χ3v) is 2.91. The van der Waals surface area contributed by atoms with E-state index in [0.29, 0.717) is 18.0 Å². The second-order valence-corrected chi connectivity index (χ2v) is 4.19. The number of fused-ring (bicyclic) bond motifs is 1. The number of aryl methyl sites for hydroxylation is 1. The van der Waals surface area contributed by atoms with Gasteiger partial charge in [-0.05, 0) is 24.1 Å². The van der Waals surface area contributed by atoms with E-state index in [1.807, 2.05) is 19.2 Å². The van der Waals surface area contributed by atoms with Gasteiger partial charge in [-0.15, -0.1) is 0 Å². The third kappa shape index (κ3) is 2.17.